The van der Waals surface area contributed by atoms with Crippen molar-refractivity contribution in [2.45, 2.75) is 38.7 Å². The van der Waals surface area contributed by atoms with Crippen LogP contribution in [0.3, 0.4) is 0 Å². The molecule has 0 aromatic heterocycles. The predicted molar refractivity (Wildman–Crippen MR) is 47.6 cm³/mol. The molecule has 0 bridgehead atoms. The molecule has 1 heteroatoms. The molecule has 0 amide bonds. The molecule has 0 spiro atoms. The molecule has 1 rings (SSSR count). The smallest absolute Gasteiger partial charge is 0.0577 e. The monoisotopic (exact) mass is 154 g/mol. The normalized spacial score (nSPS) is 32.9. The van der Waals surface area contributed by atoms with E-state index in [4.69, 9.17) is 4.74 Å². The van der Waals surface area contributed by atoms with E-state index in [-0.39, 0.29) is 0 Å². The van der Waals surface area contributed by atoms with Gasteiger partial charge < -0.3 is 4.74 Å². The number of allylic oxidation sites excluding steroid dienone is 2. The van der Waals surface area contributed by atoms with E-state index in [1.807, 2.05) is 7.11 Å². The molecule has 0 aliphatic heterocycles. The summed E-state index contributed by atoms with van der Waals surface area (Å²) in [5, 5.41) is 0. The zero-order chi connectivity index (χ0) is 8.10. The van der Waals surface area contributed by atoms with E-state index < -0.39 is 0 Å². The van der Waals surface area contributed by atoms with Gasteiger partial charge in [0.15, 0.2) is 0 Å². The van der Waals surface area contributed by atoms with Gasteiger partial charge in [-0.15, -0.1) is 0 Å². The molecule has 0 heterocycles. The van der Waals surface area contributed by atoms with Gasteiger partial charge in [-0.1, -0.05) is 18.6 Å². The van der Waals surface area contributed by atoms with E-state index in [1.54, 1.807) is 0 Å². The van der Waals surface area contributed by atoms with Crippen LogP contribution in [0.1, 0.15) is 32.6 Å². The van der Waals surface area contributed by atoms with Crippen molar-refractivity contribution in [3.05, 3.63) is 12.2 Å². The lowest BCUT2D eigenvalue weighted by Crippen LogP contribution is -2.20. The van der Waals surface area contributed by atoms with Gasteiger partial charge in [-0.2, -0.15) is 0 Å². The van der Waals surface area contributed by atoms with Crippen LogP contribution in [0.15, 0.2) is 12.2 Å². The summed E-state index contributed by atoms with van der Waals surface area (Å²) in [6.07, 6.45) is 10.1. The first kappa shape index (κ1) is 8.79. The Morgan fingerprint density at radius 3 is 2.82 bits per heavy atom. The highest BCUT2D eigenvalue weighted by Gasteiger charge is 2.18. The number of ether oxygens (including phenoxy) is 1. The maximum Gasteiger partial charge on any atom is 0.0577 e. The van der Waals surface area contributed by atoms with E-state index in [9.17, 15) is 0 Å². The number of hydrogen-bond donors (Lipinski definition) is 0. The van der Waals surface area contributed by atoms with Gasteiger partial charge in [-0.05, 0) is 32.1 Å². The van der Waals surface area contributed by atoms with Crippen molar-refractivity contribution in [2.24, 2.45) is 5.92 Å². The number of hydrogen-bond acceptors (Lipinski definition) is 1. The summed E-state index contributed by atoms with van der Waals surface area (Å²) in [7, 11) is 1.82. The Morgan fingerprint density at radius 1 is 1.36 bits per heavy atom. The van der Waals surface area contributed by atoms with Crippen molar-refractivity contribution in [1.29, 1.82) is 0 Å². The molecule has 1 unspecified atom stereocenters. The lowest BCUT2D eigenvalue weighted by atomic mass is 9.87. The van der Waals surface area contributed by atoms with Gasteiger partial charge in [-0.3, -0.25) is 0 Å². The van der Waals surface area contributed by atoms with Crippen LogP contribution in [0.2, 0.25) is 0 Å². The minimum absolute atomic E-state index is 0.518. The van der Waals surface area contributed by atoms with E-state index in [2.05, 4.69) is 19.1 Å². The Morgan fingerprint density at radius 2 is 2.18 bits per heavy atom. The highest BCUT2D eigenvalue weighted by molar-refractivity contribution is 4.89. The molecular weight excluding hydrogens is 136 g/mol. The van der Waals surface area contributed by atoms with E-state index >= 15 is 0 Å². The average molecular weight is 154 g/mol. The molecule has 64 valence electrons. The van der Waals surface area contributed by atoms with Crippen LogP contribution in [0.25, 0.3) is 0 Å². The first-order chi connectivity index (χ1) is 5.36. The fourth-order valence-corrected chi connectivity index (χ4v) is 1.84. The minimum atomic E-state index is 0.518. The van der Waals surface area contributed by atoms with Gasteiger partial charge >= 0.3 is 0 Å². The summed E-state index contributed by atoms with van der Waals surface area (Å²) < 4.78 is 5.33. The summed E-state index contributed by atoms with van der Waals surface area (Å²) in [6.45, 7) is 2.09. The SMILES string of the molecule is C/C=C\C1CCC[C@H](OC)C1. The molecule has 1 nitrogen and oxygen atoms in total. The van der Waals surface area contributed by atoms with Gasteiger partial charge in [0, 0.05) is 7.11 Å². The van der Waals surface area contributed by atoms with E-state index in [1.165, 1.54) is 25.7 Å². The van der Waals surface area contributed by atoms with Crippen LogP contribution >= 0.6 is 0 Å². The fraction of sp³-hybridized carbons (Fsp3) is 0.800. The van der Waals surface area contributed by atoms with Gasteiger partial charge in [0.25, 0.3) is 0 Å². The van der Waals surface area contributed by atoms with Crippen LogP contribution in [-0.4, -0.2) is 13.2 Å². The topological polar surface area (TPSA) is 9.23 Å². The van der Waals surface area contributed by atoms with Crippen LogP contribution in [0.5, 0.6) is 0 Å². The van der Waals surface area contributed by atoms with E-state index in [0.29, 0.717) is 6.10 Å². The average Bonchev–Trinajstić information content (AvgIpc) is 2.06. The van der Waals surface area contributed by atoms with Gasteiger partial charge in [0.2, 0.25) is 0 Å². The third-order valence-electron chi connectivity index (χ3n) is 2.46. The molecule has 0 saturated heterocycles. The molecule has 1 aliphatic carbocycles. The first-order valence-corrected chi connectivity index (χ1v) is 4.52. The Kier molecular flexibility index (Phi) is 3.64. The summed E-state index contributed by atoms with van der Waals surface area (Å²) in [5.41, 5.74) is 0. The number of methoxy groups -OCH3 is 1. The van der Waals surface area contributed by atoms with Crippen molar-refractivity contribution < 1.29 is 4.74 Å². The summed E-state index contributed by atoms with van der Waals surface area (Å²) in [6, 6.07) is 0. The van der Waals surface area contributed by atoms with Crippen molar-refractivity contribution in [1.82, 2.24) is 0 Å². The standard InChI is InChI=1S/C10H18O/c1-3-5-9-6-4-7-10(8-9)11-2/h3,5,9-10H,4,6-8H2,1-2H3/b5-3-/t9?,10-/m0/s1. The van der Waals surface area contributed by atoms with Crippen molar-refractivity contribution in [3.63, 3.8) is 0 Å². The Balaban J connectivity index is 2.33. The van der Waals surface area contributed by atoms with Crippen LogP contribution in [0.4, 0.5) is 0 Å². The fourth-order valence-electron chi connectivity index (χ4n) is 1.84. The lowest BCUT2D eigenvalue weighted by molar-refractivity contribution is 0.0589. The second-order valence-corrected chi connectivity index (χ2v) is 3.31. The zero-order valence-corrected chi connectivity index (χ0v) is 7.55. The zero-order valence-electron chi connectivity index (χ0n) is 7.55. The van der Waals surface area contributed by atoms with Crippen molar-refractivity contribution >= 4 is 0 Å². The molecule has 1 fully saturated rings. The highest BCUT2D eigenvalue weighted by Crippen LogP contribution is 2.26. The molecule has 1 aliphatic rings. The third-order valence-corrected chi connectivity index (χ3v) is 2.46. The minimum Gasteiger partial charge on any atom is -0.381 e. The van der Waals surface area contributed by atoms with Gasteiger partial charge in [0.1, 0.15) is 0 Å². The van der Waals surface area contributed by atoms with Crippen LogP contribution in [-0.2, 0) is 4.74 Å². The summed E-state index contributed by atoms with van der Waals surface area (Å²) in [5.74, 6) is 0.777. The van der Waals surface area contributed by atoms with Crippen LogP contribution in [0, 0.1) is 5.92 Å². The first-order valence-electron chi connectivity index (χ1n) is 4.52. The second kappa shape index (κ2) is 4.55. The quantitative estimate of drug-likeness (QED) is 0.556. The maximum absolute atomic E-state index is 5.33. The lowest BCUT2D eigenvalue weighted by Gasteiger charge is -2.25. The summed E-state index contributed by atoms with van der Waals surface area (Å²) >= 11 is 0. The molecule has 1 saturated carbocycles. The van der Waals surface area contributed by atoms with Crippen molar-refractivity contribution in [3.8, 4) is 0 Å². The Labute approximate surface area is 69.4 Å². The van der Waals surface area contributed by atoms with Gasteiger partial charge in [-0.25, -0.2) is 0 Å². The van der Waals surface area contributed by atoms with E-state index in [0.717, 1.165) is 5.92 Å². The molecule has 0 radical (unpaired) electrons. The number of rotatable bonds is 2. The summed E-state index contributed by atoms with van der Waals surface area (Å²) in [4.78, 5) is 0. The second-order valence-electron chi connectivity index (χ2n) is 3.31. The van der Waals surface area contributed by atoms with Crippen molar-refractivity contribution in [2.75, 3.05) is 7.11 Å². The third kappa shape index (κ3) is 2.66. The Bertz CT molecular complexity index is 129. The molecular formula is C10H18O. The predicted octanol–water partition coefficient (Wildman–Crippen LogP) is 2.77. The largest absolute Gasteiger partial charge is 0.381 e. The Hall–Kier alpha value is -0.300. The highest BCUT2D eigenvalue weighted by atomic mass is 16.5. The molecule has 0 aromatic rings. The molecule has 11 heavy (non-hydrogen) atoms. The van der Waals surface area contributed by atoms with Crippen LogP contribution < -0.4 is 0 Å². The molecule has 0 N–H and O–H groups in total. The molecule has 2 atom stereocenters. The molecule has 0 aromatic carbocycles. The van der Waals surface area contributed by atoms with Gasteiger partial charge in [0.05, 0.1) is 6.10 Å². The maximum atomic E-state index is 5.33.